The van der Waals surface area contributed by atoms with Crippen LogP contribution in [0.2, 0.25) is 0 Å². The minimum Gasteiger partial charge on any atom is -0.493 e. The van der Waals surface area contributed by atoms with Gasteiger partial charge in [-0.15, -0.1) is 0 Å². The van der Waals surface area contributed by atoms with Gasteiger partial charge in [-0.05, 0) is 48.5 Å². The SMILES string of the molecule is COc1ccccc1Oc1ccc(NC(=O)/C=C/c2nc3ccccc3o2)cc1. The van der Waals surface area contributed by atoms with Crippen molar-refractivity contribution in [2.75, 3.05) is 12.4 Å². The average molecular weight is 386 g/mol. The highest BCUT2D eigenvalue weighted by molar-refractivity contribution is 6.01. The molecule has 0 saturated heterocycles. The average Bonchev–Trinajstić information content (AvgIpc) is 3.17. The molecule has 0 aliphatic rings. The Labute approximate surface area is 167 Å². The molecule has 4 rings (SSSR count). The maximum atomic E-state index is 12.1. The zero-order valence-electron chi connectivity index (χ0n) is 15.7. The van der Waals surface area contributed by atoms with Crippen molar-refractivity contribution in [3.05, 3.63) is 84.8 Å². The van der Waals surface area contributed by atoms with E-state index < -0.39 is 0 Å². The van der Waals surface area contributed by atoms with Gasteiger partial charge in [0.05, 0.1) is 7.11 Å². The zero-order valence-corrected chi connectivity index (χ0v) is 15.7. The van der Waals surface area contributed by atoms with Gasteiger partial charge in [0.15, 0.2) is 17.1 Å². The number of benzene rings is 3. The molecule has 0 unspecified atom stereocenters. The lowest BCUT2D eigenvalue weighted by Crippen LogP contribution is -2.07. The third kappa shape index (κ3) is 4.44. The summed E-state index contributed by atoms with van der Waals surface area (Å²) in [7, 11) is 1.59. The molecule has 0 atom stereocenters. The minimum absolute atomic E-state index is 0.286. The van der Waals surface area contributed by atoms with Gasteiger partial charge in [-0.1, -0.05) is 24.3 Å². The highest BCUT2D eigenvalue weighted by Gasteiger charge is 2.06. The molecule has 0 spiro atoms. The Morgan fingerprint density at radius 3 is 2.45 bits per heavy atom. The topological polar surface area (TPSA) is 73.6 Å². The van der Waals surface area contributed by atoms with Gasteiger partial charge in [-0.2, -0.15) is 0 Å². The van der Waals surface area contributed by atoms with Crippen molar-refractivity contribution in [3.8, 4) is 17.2 Å². The first-order valence-electron chi connectivity index (χ1n) is 8.97. The van der Waals surface area contributed by atoms with Gasteiger partial charge < -0.3 is 19.2 Å². The molecule has 29 heavy (non-hydrogen) atoms. The number of hydrogen-bond acceptors (Lipinski definition) is 5. The van der Waals surface area contributed by atoms with Crippen molar-refractivity contribution in [1.82, 2.24) is 4.98 Å². The van der Waals surface area contributed by atoms with E-state index in [0.717, 1.165) is 5.52 Å². The van der Waals surface area contributed by atoms with E-state index in [1.165, 1.54) is 12.2 Å². The van der Waals surface area contributed by atoms with E-state index in [1.54, 1.807) is 31.4 Å². The number of methoxy groups -OCH3 is 1. The summed E-state index contributed by atoms with van der Waals surface area (Å²) in [5, 5.41) is 2.78. The normalized spacial score (nSPS) is 10.9. The second kappa shape index (κ2) is 8.31. The number of nitrogens with one attached hydrogen (secondary N) is 1. The number of ether oxygens (including phenoxy) is 2. The van der Waals surface area contributed by atoms with Gasteiger partial charge >= 0.3 is 0 Å². The second-order valence-electron chi connectivity index (χ2n) is 6.12. The van der Waals surface area contributed by atoms with E-state index in [-0.39, 0.29) is 5.91 Å². The largest absolute Gasteiger partial charge is 0.493 e. The Hall–Kier alpha value is -4.06. The number of hydrogen-bond donors (Lipinski definition) is 1. The predicted molar refractivity (Wildman–Crippen MR) is 111 cm³/mol. The van der Waals surface area contributed by atoms with Crippen molar-refractivity contribution < 1.29 is 18.7 Å². The number of oxazole rings is 1. The molecule has 0 bridgehead atoms. The number of para-hydroxylation sites is 4. The van der Waals surface area contributed by atoms with Crippen LogP contribution < -0.4 is 14.8 Å². The summed E-state index contributed by atoms with van der Waals surface area (Å²) < 4.78 is 16.7. The van der Waals surface area contributed by atoms with Crippen molar-refractivity contribution in [3.63, 3.8) is 0 Å². The number of fused-ring (bicyclic) bond motifs is 1. The van der Waals surface area contributed by atoms with E-state index >= 15 is 0 Å². The summed E-state index contributed by atoms with van der Waals surface area (Å²) >= 11 is 0. The molecule has 3 aromatic carbocycles. The summed E-state index contributed by atoms with van der Waals surface area (Å²) in [5.41, 5.74) is 2.07. The van der Waals surface area contributed by atoms with Crippen molar-refractivity contribution >= 4 is 28.8 Å². The summed E-state index contributed by atoms with van der Waals surface area (Å²) in [6.45, 7) is 0. The first kappa shape index (κ1) is 18.3. The molecule has 0 fully saturated rings. The van der Waals surface area contributed by atoms with Gasteiger partial charge in [-0.3, -0.25) is 4.79 Å². The quantitative estimate of drug-likeness (QED) is 0.456. The molecule has 0 aliphatic carbocycles. The van der Waals surface area contributed by atoms with Crippen LogP contribution in [-0.4, -0.2) is 18.0 Å². The molecule has 4 aromatic rings. The minimum atomic E-state index is -0.286. The molecule has 6 nitrogen and oxygen atoms in total. The lowest BCUT2D eigenvalue weighted by atomic mass is 10.3. The summed E-state index contributed by atoms with van der Waals surface area (Å²) in [4.78, 5) is 16.4. The molecule has 1 aromatic heterocycles. The van der Waals surface area contributed by atoms with Crippen LogP contribution in [0.25, 0.3) is 17.2 Å². The van der Waals surface area contributed by atoms with Crippen LogP contribution in [0.3, 0.4) is 0 Å². The lowest BCUT2D eigenvalue weighted by molar-refractivity contribution is -0.111. The van der Waals surface area contributed by atoms with Crippen molar-refractivity contribution in [2.45, 2.75) is 0 Å². The van der Waals surface area contributed by atoms with Gasteiger partial charge in [0, 0.05) is 17.8 Å². The number of rotatable bonds is 6. The van der Waals surface area contributed by atoms with Crippen LogP contribution in [0.4, 0.5) is 5.69 Å². The van der Waals surface area contributed by atoms with Crippen molar-refractivity contribution in [2.24, 2.45) is 0 Å². The van der Waals surface area contributed by atoms with Crippen LogP contribution in [0.1, 0.15) is 5.89 Å². The predicted octanol–water partition coefficient (Wildman–Crippen LogP) is 5.28. The zero-order chi connectivity index (χ0) is 20.1. The number of anilines is 1. The molecular weight excluding hydrogens is 368 g/mol. The van der Waals surface area contributed by atoms with Gasteiger partial charge in [0.1, 0.15) is 11.3 Å². The highest BCUT2D eigenvalue weighted by Crippen LogP contribution is 2.31. The molecule has 1 amide bonds. The summed E-state index contributed by atoms with van der Waals surface area (Å²) in [6, 6.07) is 21.9. The van der Waals surface area contributed by atoms with E-state index in [9.17, 15) is 4.79 Å². The first-order valence-corrected chi connectivity index (χ1v) is 8.97. The molecule has 144 valence electrons. The lowest BCUT2D eigenvalue weighted by Gasteiger charge is -2.10. The standard InChI is InChI=1S/C23H18N2O4/c1-27-20-8-4-5-9-21(20)28-17-12-10-16(11-13-17)24-22(26)14-15-23-25-18-6-2-3-7-19(18)29-23/h2-15H,1H3,(H,24,26)/b15-14+. The number of nitrogens with zero attached hydrogens (tertiary/aromatic N) is 1. The Morgan fingerprint density at radius 1 is 0.966 bits per heavy atom. The Balaban J connectivity index is 1.38. The van der Waals surface area contributed by atoms with Crippen molar-refractivity contribution in [1.29, 1.82) is 0 Å². The smallest absolute Gasteiger partial charge is 0.248 e. The molecule has 0 saturated carbocycles. The van der Waals surface area contributed by atoms with Crippen LogP contribution in [0.5, 0.6) is 17.2 Å². The van der Waals surface area contributed by atoms with Gasteiger partial charge in [0.25, 0.3) is 0 Å². The van der Waals surface area contributed by atoms with Gasteiger partial charge in [-0.25, -0.2) is 4.98 Å². The Bertz CT molecular complexity index is 1130. The fraction of sp³-hybridized carbons (Fsp3) is 0.0435. The number of amides is 1. The number of aromatic nitrogens is 1. The van der Waals surface area contributed by atoms with E-state index in [4.69, 9.17) is 13.9 Å². The molecule has 6 heteroatoms. The number of carbonyl (C=O) groups excluding carboxylic acids is 1. The molecule has 0 aliphatic heterocycles. The molecule has 1 N–H and O–H groups in total. The maximum Gasteiger partial charge on any atom is 0.248 e. The highest BCUT2D eigenvalue weighted by atomic mass is 16.5. The van der Waals surface area contributed by atoms with Gasteiger partial charge in [0.2, 0.25) is 11.8 Å². The van der Waals surface area contributed by atoms with Crippen LogP contribution >= 0.6 is 0 Å². The number of carbonyl (C=O) groups is 1. The summed E-state index contributed by atoms with van der Waals surface area (Å²) in [5.74, 6) is 1.99. The summed E-state index contributed by atoms with van der Waals surface area (Å²) in [6.07, 6.45) is 2.92. The van der Waals surface area contributed by atoms with Crippen LogP contribution in [0, 0.1) is 0 Å². The molecular formula is C23H18N2O4. The van der Waals surface area contributed by atoms with Crippen LogP contribution in [0.15, 0.2) is 83.3 Å². The van der Waals surface area contributed by atoms with E-state index in [2.05, 4.69) is 10.3 Å². The third-order valence-corrected chi connectivity index (χ3v) is 4.11. The van der Waals surface area contributed by atoms with E-state index in [0.29, 0.717) is 34.4 Å². The third-order valence-electron chi connectivity index (χ3n) is 4.11. The Morgan fingerprint density at radius 2 is 1.69 bits per heavy atom. The fourth-order valence-electron chi connectivity index (χ4n) is 2.73. The first-order chi connectivity index (χ1) is 14.2. The second-order valence-corrected chi connectivity index (χ2v) is 6.12. The molecule has 1 heterocycles. The monoisotopic (exact) mass is 386 g/mol. The Kier molecular flexibility index (Phi) is 5.25. The van der Waals surface area contributed by atoms with Crippen LogP contribution in [-0.2, 0) is 4.79 Å². The molecule has 0 radical (unpaired) electrons. The maximum absolute atomic E-state index is 12.1. The van der Waals surface area contributed by atoms with E-state index in [1.807, 2.05) is 48.5 Å². The fourth-order valence-corrected chi connectivity index (χ4v) is 2.73.